The number of halogens is 3. The number of nitrogens with zero attached hydrogens (tertiary/aromatic N) is 2. The third kappa shape index (κ3) is 5.28. The van der Waals surface area contributed by atoms with Crippen molar-refractivity contribution in [1.82, 2.24) is 4.98 Å². The van der Waals surface area contributed by atoms with E-state index in [4.69, 9.17) is 5.14 Å². The SMILES string of the molecule is NS(=O)(=O)c1cccc(NC(=O)c2cc(C(F)(F)F)cnc2N2CCCCCC2)c1. The summed E-state index contributed by atoms with van der Waals surface area (Å²) < 4.78 is 62.7. The number of carbonyl (C=O) groups is 1. The van der Waals surface area contributed by atoms with Crippen LogP contribution in [0.25, 0.3) is 0 Å². The first kappa shape index (κ1) is 22.0. The normalized spacial score (nSPS) is 15.5. The highest BCUT2D eigenvalue weighted by molar-refractivity contribution is 7.89. The number of aromatic nitrogens is 1. The van der Waals surface area contributed by atoms with Gasteiger partial charge in [0, 0.05) is 25.0 Å². The minimum atomic E-state index is -4.66. The third-order valence-corrected chi connectivity index (χ3v) is 5.68. The van der Waals surface area contributed by atoms with Gasteiger partial charge < -0.3 is 10.2 Å². The summed E-state index contributed by atoms with van der Waals surface area (Å²) in [6, 6.07) is 5.94. The Hall–Kier alpha value is -2.66. The van der Waals surface area contributed by atoms with E-state index in [1.807, 2.05) is 4.90 Å². The number of amides is 1. The number of alkyl halides is 3. The van der Waals surface area contributed by atoms with Gasteiger partial charge in [-0.2, -0.15) is 13.2 Å². The lowest BCUT2D eigenvalue weighted by atomic mass is 10.1. The second-order valence-corrected chi connectivity index (χ2v) is 8.58. The molecule has 0 atom stereocenters. The summed E-state index contributed by atoms with van der Waals surface area (Å²) in [6.07, 6.45) is -0.246. The monoisotopic (exact) mass is 442 g/mol. The van der Waals surface area contributed by atoms with Gasteiger partial charge in [-0.1, -0.05) is 18.9 Å². The van der Waals surface area contributed by atoms with E-state index < -0.39 is 27.7 Å². The van der Waals surface area contributed by atoms with Gasteiger partial charge in [-0.05, 0) is 37.1 Å². The number of hydrogen-bond donors (Lipinski definition) is 2. The minimum Gasteiger partial charge on any atom is -0.356 e. The Labute approximate surface area is 172 Å². The van der Waals surface area contributed by atoms with Gasteiger partial charge in [0.25, 0.3) is 5.91 Å². The number of nitrogens with one attached hydrogen (secondary N) is 1. The van der Waals surface area contributed by atoms with Crippen molar-refractivity contribution < 1.29 is 26.4 Å². The highest BCUT2D eigenvalue weighted by atomic mass is 32.2. The van der Waals surface area contributed by atoms with E-state index in [0.29, 0.717) is 13.1 Å². The van der Waals surface area contributed by atoms with Crippen LogP contribution in [0.1, 0.15) is 41.6 Å². The van der Waals surface area contributed by atoms with Crippen molar-refractivity contribution in [2.24, 2.45) is 5.14 Å². The van der Waals surface area contributed by atoms with Crippen LogP contribution < -0.4 is 15.4 Å². The quantitative estimate of drug-likeness (QED) is 0.755. The largest absolute Gasteiger partial charge is 0.417 e. The lowest BCUT2D eigenvalue weighted by molar-refractivity contribution is -0.137. The molecule has 0 radical (unpaired) electrons. The molecular formula is C19H21F3N4O3S. The van der Waals surface area contributed by atoms with Crippen LogP contribution >= 0.6 is 0 Å². The van der Waals surface area contributed by atoms with E-state index in [1.54, 1.807) is 0 Å². The zero-order chi connectivity index (χ0) is 21.9. The second-order valence-electron chi connectivity index (χ2n) is 7.02. The van der Waals surface area contributed by atoms with Gasteiger partial charge in [-0.25, -0.2) is 18.5 Å². The van der Waals surface area contributed by atoms with Crippen LogP contribution in [-0.2, 0) is 16.2 Å². The average molecular weight is 442 g/mol. The van der Waals surface area contributed by atoms with E-state index in [-0.39, 0.29) is 22.0 Å². The maximum Gasteiger partial charge on any atom is 0.417 e. The number of carbonyl (C=O) groups excluding carboxylic acids is 1. The van der Waals surface area contributed by atoms with Gasteiger partial charge in [0.2, 0.25) is 10.0 Å². The fraction of sp³-hybridized carbons (Fsp3) is 0.368. The Kier molecular flexibility index (Phi) is 6.32. The molecule has 1 aromatic heterocycles. The van der Waals surface area contributed by atoms with Crippen LogP contribution in [0.5, 0.6) is 0 Å². The molecule has 11 heteroatoms. The number of sulfonamides is 1. The summed E-state index contributed by atoms with van der Waals surface area (Å²) >= 11 is 0. The lowest BCUT2D eigenvalue weighted by Crippen LogP contribution is -2.29. The van der Waals surface area contributed by atoms with E-state index in [2.05, 4.69) is 10.3 Å². The molecule has 0 bridgehead atoms. The Morgan fingerprint density at radius 1 is 1.10 bits per heavy atom. The molecule has 1 aromatic carbocycles. The number of primary sulfonamides is 1. The van der Waals surface area contributed by atoms with Crippen molar-refractivity contribution in [1.29, 1.82) is 0 Å². The summed E-state index contributed by atoms with van der Waals surface area (Å²) in [4.78, 5) is 18.4. The Bertz CT molecular complexity index is 1030. The first-order valence-corrected chi connectivity index (χ1v) is 10.9. The van der Waals surface area contributed by atoms with Gasteiger partial charge in [0.15, 0.2) is 0 Å². The van der Waals surface area contributed by atoms with Crippen molar-refractivity contribution in [3.63, 3.8) is 0 Å². The summed E-state index contributed by atoms with van der Waals surface area (Å²) in [7, 11) is -4.00. The summed E-state index contributed by atoms with van der Waals surface area (Å²) in [6.45, 7) is 1.17. The molecule has 2 heterocycles. The third-order valence-electron chi connectivity index (χ3n) is 4.76. The molecule has 3 rings (SSSR count). The summed E-state index contributed by atoms with van der Waals surface area (Å²) in [5, 5.41) is 7.54. The van der Waals surface area contributed by atoms with Gasteiger partial charge in [0.1, 0.15) is 5.82 Å². The first-order chi connectivity index (χ1) is 14.1. The van der Waals surface area contributed by atoms with Crippen LogP contribution in [0.15, 0.2) is 41.4 Å². The second kappa shape index (κ2) is 8.60. The molecule has 0 aliphatic carbocycles. The van der Waals surface area contributed by atoms with Crippen LogP contribution in [0.2, 0.25) is 0 Å². The number of hydrogen-bond acceptors (Lipinski definition) is 5. The standard InChI is InChI=1S/C19H21F3N4O3S/c20-19(21,22)13-10-16(17(24-12-13)26-8-3-1-2-4-9-26)18(27)25-14-6-5-7-15(11-14)30(23,28)29/h5-7,10-12H,1-4,8-9H2,(H,25,27)(H2,23,28,29). The summed E-state index contributed by atoms with van der Waals surface area (Å²) in [5.74, 6) is -0.649. The molecule has 7 nitrogen and oxygen atoms in total. The number of nitrogens with two attached hydrogens (primary N) is 1. The van der Waals surface area contributed by atoms with Gasteiger partial charge >= 0.3 is 6.18 Å². The van der Waals surface area contributed by atoms with Crippen molar-refractivity contribution in [3.8, 4) is 0 Å². The molecule has 1 fully saturated rings. The van der Waals surface area contributed by atoms with E-state index in [1.165, 1.54) is 18.2 Å². The Morgan fingerprint density at radius 2 is 1.77 bits per heavy atom. The molecule has 1 amide bonds. The smallest absolute Gasteiger partial charge is 0.356 e. The number of benzene rings is 1. The molecule has 0 spiro atoms. The Morgan fingerprint density at radius 3 is 2.37 bits per heavy atom. The predicted octanol–water partition coefficient (Wildman–Crippen LogP) is 3.38. The van der Waals surface area contributed by atoms with Crippen molar-refractivity contribution in [3.05, 3.63) is 47.7 Å². The van der Waals surface area contributed by atoms with Crippen molar-refractivity contribution in [2.75, 3.05) is 23.3 Å². The van der Waals surface area contributed by atoms with Crippen LogP contribution in [0.3, 0.4) is 0 Å². The number of pyridine rings is 1. The minimum absolute atomic E-state index is 0.0887. The highest BCUT2D eigenvalue weighted by Crippen LogP contribution is 2.32. The molecule has 162 valence electrons. The van der Waals surface area contributed by atoms with Crippen molar-refractivity contribution >= 4 is 27.4 Å². The molecular weight excluding hydrogens is 421 g/mol. The topological polar surface area (TPSA) is 105 Å². The zero-order valence-corrected chi connectivity index (χ0v) is 16.8. The average Bonchev–Trinajstić information content (AvgIpc) is 2.96. The van der Waals surface area contributed by atoms with Gasteiger partial charge in [-0.3, -0.25) is 4.79 Å². The Balaban J connectivity index is 1.98. The maximum atomic E-state index is 13.2. The molecule has 1 saturated heterocycles. The zero-order valence-electron chi connectivity index (χ0n) is 15.9. The maximum absolute atomic E-state index is 13.2. The lowest BCUT2D eigenvalue weighted by Gasteiger charge is -2.24. The predicted molar refractivity (Wildman–Crippen MR) is 106 cm³/mol. The number of rotatable bonds is 4. The molecule has 1 aliphatic heterocycles. The first-order valence-electron chi connectivity index (χ1n) is 9.32. The fourth-order valence-electron chi connectivity index (χ4n) is 3.26. The molecule has 3 N–H and O–H groups in total. The highest BCUT2D eigenvalue weighted by Gasteiger charge is 2.33. The summed E-state index contributed by atoms with van der Waals surface area (Å²) in [5.41, 5.74) is -1.18. The van der Waals surface area contributed by atoms with Crippen LogP contribution in [0.4, 0.5) is 24.7 Å². The molecule has 0 saturated carbocycles. The molecule has 2 aromatic rings. The van der Waals surface area contributed by atoms with E-state index in [9.17, 15) is 26.4 Å². The fourth-order valence-corrected chi connectivity index (χ4v) is 3.82. The van der Waals surface area contributed by atoms with Crippen LogP contribution in [-0.4, -0.2) is 32.4 Å². The van der Waals surface area contributed by atoms with E-state index in [0.717, 1.165) is 44.0 Å². The van der Waals surface area contributed by atoms with Crippen molar-refractivity contribution in [2.45, 2.75) is 36.8 Å². The molecule has 0 unspecified atom stereocenters. The van der Waals surface area contributed by atoms with E-state index >= 15 is 0 Å². The number of anilines is 2. The molecule has 30 heavy (non-hydrogen) atoms. The van der Waals surface area contributed by atoms with Gasteiger partial charge in [-0.15, -0.1) is 0 Å². The molecule has 1 aliphatic rings. The van der Waals surface area contributed by atoms with Gasteiger partial charge in [0.05, 0.1) is 16.0 Å². The van der Waals surface area contributed by atoms with Crippen LogP contribution in [0, 0.1) is 0 Å².